The number of rotatable bonds is 7. The van der Waals surface area contributed by atoms with Gasteiger partial charge in [-0.1, -0.05) is 12.2 Å². The van der Waals surface area contributed by atoms with E-state index in [1.807, 2.05) is 6.92 Å². The van der Waals surface area contributed by atoms with Crippen LogP contribution in [-0.4, -0.2) is 37.5 Å². The lowest BCUT2D eigenvalue weighted by atomic mass is 10.2. The number of hydrogen-bond donors (Lipinski definition) is 3. The van der Waals surface area contributed by atoms with Crippen molar-refractivity contribution in [2.45, 2.75) is 39.2 Å². The lowest BCUT2D eigenvalue weighted by Crippen LogP contribution is -2.42. The number of amides is 1. The van der Waals surface area contributed by atoms with Gasteiger partial charge in [0.1, 0.15) is 0 Å². The molecular formula is C17H27IN4O2. The number of nitrogens with one attached hydrogen (secondary N) is 3. The average Bonchev–Trinajstić information content (AvgIpc) is 3.18. The van der Waals surface area contributed by atoms with Crippen molar-refractivity contribution in [2.75, 3.05) is 19.6 Å². The second kappa shape index (κ2) is 11.1. The first-order chi connectivity index (χ1) is 11.2. The van der Waals surface area contributed by atoms with Crippen LogP contribution in [0.3, 0.4) is 0 Å². The number of carbonyl (C=O) groups is 1. The Hall–Kier alpha value is -1.51. The van der Waals surface area contributed by atoms with Crippen LogP contribution in [-0.2, 0) is 0 Å². The molecule has 0 aliphatic heterocycles. The van der Waals surface area contributed by atoms with Crippen LogP contribution in [0, 0.1) is 6.92 Å². The van der Waals surface area contributed by atoms with Crippen molar-refractivity contribution < 1.29 is 9.21 Å². The first-order valence-corrected chi connectivity index (χ1v) is 8.23. The summed E-state index contributed by atoms with van der Waals surface area (Å²) in [5.41, 5.74) is 0.851. The van der Waals surface area contributed by atoms with E-state index in [1.165, 1.54) is 6.26 Å². The highest BCUT2D eigenvalue weighted by Gasteiger charge is 2.12. The summed E-state index contributed by atoms with van der Waals surface area (Å²) in [5, 5.41) is 9.52. The van der Waals surface area contributed by atoms with Crippen LogP contribution in [0.25, 0.3) is 0 Å². The van der Waals surface area contributed by atoms with E-state index < -0.39 is 0 Å². The van der Waals surface area contributed by atoms with Crippen molar-refractivity contribution in [2.24, 2.45) is 4.99 Å². The number of nitrogens with zero attached hydrogens (tertiary/aromatic N) is 1. The zero-order chi connectivity index (χ0) is 16.5. The van der Waals surface area contributed by atoms with Crippen LogP contribution in [0.4, 0.5) is 0 Å². The van der Waals surface area contributed by atoms with Crippen LogP contribution in [0.5, 0.6) is 0 Å². The fraction of sp³-hybridized carbons (Fsp3) is 0.529. The summed E-state index contributed by atoms with van der Waals surface area (Å²) in [7, 11) is 0. The maximum absolute atomic E-state index is 11.9. The second-order valence-electron chi connectivity index (χ2n) is 5.59. The van der Waals surface area contributed by atoms with Crippen molar-refractivity contribution in [3.05, 3.63) is 35.8 Å². The number of furan rings is 1. The third-order valence-electron chi connectivity index (χ3n) is 3.65. The maximum Gasteiger partial charge on any atom is 0.287 e. The Bertz CT molecular complexity index is 561. The van der Waals surface area contributed by atoms with E-state index in [2.05, 4.69) is 40.0 Å². The largest absolute Gasteiger partial charge is 0.459 e. The van der Waals surface area contributed by atoms with Gasteiger partial charge in [-0.15, -0.1) is 24.0 Å². The Balaban J connectivity index is 0.00000288. The van der Waals surface area contributed by atoms with E-state index in [4.69, 9.17) is 4.42 Å². The molecule has 1 amide bonds. The van der Waals surface area contributed by atoms with Crippen LogP contribution >= 0.6 is 24.0 Å². The van der Waals surface area contributed by atoms with Gasteiger partial charge in [0, 0.05) is 31.2 Å². The van der Waals surface area contributed by atoms with E-state index in [0.29, 0.717) is 24.9 Å². The molecule has 0 spiro atoms. The topological polar surface area (TPSA) is 78.7 Å². The molecule has 24 heavy (non-hydrogen) atoms. The SMILES string of the molecule is CCNC(=NCCCNC(=O)c1occc1C)NC1CC=CC1.I. The van der Waals surface area contributed by atoms with Gasteiger partial charge in [0.2, 0.25) is 0 Å². The minimum Gasteiger partial charge on any atom is -0.459 e. The minimum atomic E-state index is -0.168. The fourth-order valence-electron chi connectivity index (χ4n) is 2.41. The summed E-state index contributed by atoms with van der Waals surface area (Å²) >= 11 is 0. The molecule has 7 heteroatoms. The van der Waals surface area contributed by atoms with Gasteiger partial charge in [-0.2, -0.15) is 0 Å². The molecule has 1 heterocycles. The molecule has 2 rings (SSSR count). The van der Waals surface area contributed by atoms with Gasteiger partial charge in [0.25, 0.3) is 5.91 Å². The van der Waals surface area contributed by atoms with Gasteiger partial charge < -0.3 is 20.4 Å². The fourth-order valence-corrected chi connectivity index (χ4v) is 2.41. The molecule has 1 aliphatic rings. The zero-order valence-electron chi connectivity index (χ0n) is 14.3. The van der Waals surface area contributed by atoms with E-state index in [1.54, 1.807) is 6.07 Å². The van der Waals surface area contributed by atoms with Gasteiger partial charge in [0.05, 0.1) is 6.26 Å². The predicted octanol–water partition coefficient (Wildman–Crippen LogP) is 2.60. The summed E-state index contributed by atoms with van der Waals surface area (Å²) in [5.74, 6) is 1.06. The minimum absolute atomic E-state index is 0. The molecule has 0 bridgehead atoms. The number of aryl methyl sites for hydroxylation is 1. The monoisotopic (exact) mass is 446 g/mol. The lowest BCUT2D eigenvalue weighted by molar-refractivity contribution is 0.0925. The van der Waals surface area contributed by atoms with Crippen molar-refractivity contribution in [3.8, 4) is 0 Å². The van der Waals surface area contributed by atoms with Crippen molar-refractivity contribution >= 4 is 35.8 Å². The summed E-state index contributed by atoms with van der Waals surface area (Å²) in [4.78, 5) is 16.4. The number of guanidine groups is 1. The summed E-state index contributed by atoms with van der Waals surface area (Å²) < 4.78 is 5.16. The Labute approximate surface area is 160 Å². The molecule has 0 aromatic carbocycles. The molecule has 3 N–H and O–H groups in total. The quantitative estimate of drug-likeness (QED) is 0.198. The molecule has 1 aliphatic carbocycles. The van der Waals surface area contributed by atoms with Crippen molar-refractivity contribution in [1.29, 1.82) is 0 Å². The van der Waals surface area contributed by atoms with Crippen LogP contribution in [0.15, 0.2) is 33.9 Å². The lowest BCUT2D eigenvalue weighted by Gasteiger charge is -2.16. The molecule has 0 saturated carbocycles. The van der Waals surface area contributed by atoms with Crippen molar-refractivity contribution in [1.82, 2.24) is 16.0 Å². The first kappa shape index (κ1) is 20.5. The number of aliphatic imine (C=N–C) groups is 1. The molecule has 134 valence electrons. The van der Waals surface area contributed by atoms with Crippen LogP contribution in [0.2, 0.25) is 0 Å². The molecule has 0 fully saturated rings. The standard InChI is InChI=1S/C17H26N4O2.HI/c1-3-18-17(21-14-7-4-5-8-14)20-11-6-10-19-16(22)15-13(2)9-12-23-15;/h4-5,9,12,14H,3,6-8,10-11H2,1-2H3,(H,19,22)(H2,18,20,21);1H. The maximum atomic E-state index is 11.9. The molecule has 0 saturated heterocycles. The zero-order valence-corrected chi connectivity index (χ0v) is 16.6. The van der Waals surface area contributed by atoms with Crippen LogP contribution in [0.1, 0.15) is 42.3 Å². The van der Waals surface area contributed by atoms with Gasteiger partial charge >= 0.3 is 0 Å². The Morgan fingerprint density at radius 1 is 1.33 bits per heavy atom. The highest BCUT2D eigenvalue weighted by molar-refractivity contribution is 14.0. The molecular weight excluding hydrogens is 419 g/mol. The second-order valence-corrected chi connectivity index (χ2v) is 5.59. The van der Waals surface area contributed by atoms with Gasteiger partial charge in [0.15, 0.2) is 11.7 Å². The average molecular weight is 446 g/mol. The molecule has 0 atom stereocenters. The third kappa shape index (κ3) is 6.54. The van der Waals surface area contributed by atoms with E-state index in [9.17, 15) is 4.79 Å². The molecule has 0 radical (unpaired) electrons. The number of halogens is 1. The molecule has 1 aromatic heterocycles. The smallest absolute Gasteiger partial charge is 0.287 e. The highest BCUT2D eigenvalue weighted by Crippen LogP contribution is 2.09. The first-order valence-electron chi connectivity index (χ1n) is 8.23. The number of carbonyl (C=O) groups excluding carboxylic acids is 1. The van der Waals surface area contributed by atoms with Gasteiger partial charge in [-0.3, -0.25) is 9.79 Å². The molecule has 0 unspecified atom stereocenters. The van der Waals surface area contributed by atoms with Crippen LogP contribution < -0.4 is 16.0 Å². The Morgan fingerprint density at radius 3 is 2.71 bits per heavy atom. The number of hydrogen-bond acceptors (Lipinski definition) is 3. The summed E-state index contributed by atoms with van der Waals surface area (Å²) in [6.07, 6.45) is 8.78. The third-order valence-corrected chi connectivity index (χ3v) is 3.65. The highest BCUT2D eigenvalue weighted by atomic mass is 127. The van der Waals surface area contributed by atoms with Gasteiger partial charge in [-0.05, 0) is 39.2 Å². The van der Waals surface area contributed by atoms with E-state index in [-0.39, 0.29) is 29.9 Å². The molecule has 1 aromatic rings. The Kier molecular flexibility index (Phi) is 9.51. The summed E-state index contributed by atoms with van der Waals surface area (Å²) in [6, 6.07) is 2.22. The normalized spacial score (nSPS) is 14.3. The van der Waals surface area contributed by atoms with E-state index in [0.717, 1.165) is 37.3 Å². The van der Waals surface area contributed by atoms with Crippen molar-refractivity contribution in [3.63, 3.8) is 0 Å². The molecule has 6 nitrogen and oxygen atoms in total. The Morgan fingerprint density at radius 2 is 2.08 bits per heavy atom. The summed E-state index contributed by atoms with van der Waals surface area (Å²) in [6.45, 7) is 5.98. The van der Waals surface area contributed by atoms with Gasteiger partial charge in [-0.25, -0.2) is 0 Å². The predicted molar refractivity (Wildman–Crippen MR) is 107 cm³/mol. The van der Waals surface area contributed by atoms with E-state index >= 15 is 0 Å².